The summed E-state index contributed by atoms with van der Waals surface area (Å²) in [6.07, 6.45) is -4.50. The summed E-state index contributed by atoms with van der Waals surface area (Å²) in [5.41, 5.74) is 0.907. The number of benzene rings is 2. The van der Waals surface area contributed by atoms with E-state index in [9.17, 15) is 22.4 Å². The summed E-state index contributed by atoms with van der Waals surface area (Å²) in [5.74, 6) is -0.435. The molecule has 0 saturated heterocycles. The van der Waals surface area contributed by atoms with E-state index in [1.54, 1.807) is 0 Å². The number of hydrogen-bond acceptors (Lipinski definition) is 3. The summed E-state index contributed by atoms with van der Waals surface area (Å²) < 4.78 is 59.4. The van der Waals surface area contributed by atoms with Crippen LogP contribution in [0, 0.1) is 5.82 Å². The molecule has 2 amide bonds. The molecule has 0 aromatic heterocycles. The number of carbonyl (C=O) groups excluding carboxylic acids is 1. The lowest BCUT2D eigenvalue weighted by Gasteiger charge is -2.14. The summed E-state index contributed by atoms with van der Waals surface area (Å²) in [4.78, 5) is 11.9. The molecule has 9 heteroatoms. The molecule has 2 aromatic carbocycles. The molecule has 0 heterocycles. The third-order valence-electron chi connectivity index (χ3n) is 3.18. The number of urea groups is 1. The number of ether oxygens (including phenoxy) is 2. The smallest absolute Gasteiger partial charge is 0.422 e. The van der Waals surface area contributed by atoms with Gasteiger partial charge in [0.05, 0.1) is 7.11 Å². The highest BCUT2D eigenvalue weighted by atomic mass is 19.4. The normalized spacial score (nSPS) is 11.0. The topological polar surface area (TPSA) is 59.6 Å². The van der Waals surface area contributed by atoms with E-state index in [-0.39, 0.29) is 29.5 Å². The van der Waals surface area contributed by atoms with E-state index in [1.807, 2.05) is 0 Å². The van der Waals surface area contributed by atoms with E-state index in [4.69, 9.17) is 9.47 Å². The fourth-order valence-corrected chi connectivity index (χ4v) is 1.99. The van der Waals surface area contributed by atoms with Crippen LogP contribution in [0.3, 0.4) is 0 Å². The molecule has 0 atom stereocenters. The molecule has 2 rings (SSSR count). The number of methoxy groups -OCH3 is 1. The average molecular weight is 372 g/mol. The Labute approximate surface area is 146 Å². The Balaban J connectivity index is 1.97. The molecule has 0 fully saturated rings. The molecule has 2 aromatic rings. The SMILES string of the molecule is COc1ccc(NC(=O)NCc2ccc(F)cc2)cc1OCC(F)(F)F. The highest BCUT2D eigenvalue weighted by Crippen LogP contribution is 2.31. The van der Waals surface area contributed by atoms with Gasteiger partial charge in [0.25, 0.3) is 0 Å². The predicted molar refractivity (Wildman–Crippen MR) is 86.8 cm³/mol. The molecule has 0 aliphatic rings. The van der Waals surface area contributed by atoms with Gasteiger partial charge in [0.2, 0.25) is 0 Å². The van der Waals surface area contributed by atoms with Crippen LogP contribution in [0.15, 0.2) is 42.5 Å². The summed E-state index contributed by atoms with van der Waals surface area (Å²) in [7, 11) is 1.29. The Morgan fingerprint density at radius 1 is 1.08 bits per heavy atom. The Morgan fingerprint density at radius 2 is 1.77 bits per heavy atom. The van der Waals surface area contributed by atoms with Crippen molar-refractivity contribution < 1.29 is 31.8 Å². The van der Waals surface area contributed by atoms with Crippen LogP contribution < -0.4 is 20.1 Å². The minimum absolute atomic E-state index is 0.103. The average Bonchev–Trinajstić information content (AvgIpc) is 2.59. The molecule has 5 nitrogen and oxygen atoms in total. The van der Waals surface area contributed by atoms with Crippen molar-refractivity contribution in [3.63, 3.8) is 0 Å². The van der Waals surface area contributed by atoms with Crippen LogP contribution >= 0.6 is 0 Å². The number of halogens is 4. The zero-order chi connectivity index (χ0) is 19.2. The third kappa shape index (κ3) is 6.15. The molecular weight excluding hydrogens is 356 g/mol. The third-order valence-corrected chi connectivity index (χ3v) is 3.18. The minimum atomic E-state index is -4.50. The molecule has 0 spiro atoms. The Kier molecular flexibility index (Phi) is 6.26. The number of rotatable bonds is 6. The molecule has 0 aliphatic heterocycles. The van der Waals surface area contributed by atoms with Crippen molar-refractivity contribution in [2.45, 2.75) is 12.7 Å². The van der Waals surface area contributed by atoms with Crippen LogP contribution in [0.25, 0.3) is 0 Å². The van der Waals surface area contributed by atoms with Crippen LogP contribution in [0.1, 0.15) is 5.56 Å². The monoisotopic (exact) mass is 372 g/mol. The molecule has 0 unspecified atom stereocenters. The van der Waals surface area contributed by atoms with Crippen LogP contribution in [-0.2, 0) is 6.54 Å². The van der Waals surface area contributed by atoms with Crippen molar-refractivity contribution in [2.24, 2.45) is 0 Å². The van der Waals surface area contributed by atoms with Gasteiger partial charge in [-0.15, -0.1) is 0 Å². The number of anilines is 1. The molecule has 0 saturated carbocycles. The number of nitrogens with one attached hydrogen (secondary N) is 2. The van der Waals surface area contributed by atoms with Gasteiger partial charge in [-0.2, -0.15) is 13.2 Å². The zero-order valence-electron chi connectivity index (χ0n) is 13.7. The van der Waals surface area contributed by atoms with Crippen molar-refractivity contribution >= 4 is 11.7 Å². The first-order valence-electron chi connectivity index (χ1n) is 7.44. The zero-order valence-corrected chi connectivity index (χ0v) is 13.7. The van der Waals surface area contributed by atoms with Crippen molar-refractivity contribution in [2.75, 3.05) is 19.0 Å². The fourth-order valence-electron chi connectivity index (χ4n) is 1.99. The van der Waals surface area contributed by atoms with Crippen molar-refractivity contribution in [3.8, 4) is 11.5 Å². The maximum atomic E-state index is 12.8. The van der Waals surface area contributed by atoms with Crippen molar-refractivity contribution in [1.82, 2.24) is 5.32 Å². The van der Waals surface area contributed by atoms with Gasteiger partial charge in [0.1, 0.15) is 5.82 Å². The second kappa shape index (κ2) is 8.41. The molecule has 0 radical (unpaired) electrons. The molecule has 0 aliphatic carbocycles. The van der Waals surface area contributed by atoms with E-state index in [0.29, 0.717) is 5.56 Å². The van der Waals surface area contributed by atoms with Gasteiger partial charge in [-0.1, -0.05) is 12.1 Å². The minimum Gasteiger partial charge on any atom is -0.493 e. The summed E-state index contributed by atoms with van der Waals surface area (Å²) in [5, 5.41) is 5.02. The number of alkyl halides is 3. The van der Waals surface area contributed by atoms with Gasteiger partial charge in [-0.3, -0.25) is 0 Å². The Bertz CT molecular complexity index is 749. The molecule has 140 valence electrons. The molecule has 26 heavy (non-hydrogen) atoms. The van der Waals surface area contributed by atoms with Crippen LogP contribution in [0.2, 0.25) is 0 Å². The highest BCUT2D eigenvalue weighted by Gasteiger charge is 2.29. The van der Waals surface area contributed by atoms with E-state index in [0.717, 1.165) is 0 Å². The standard InChI is InChI=1S/C17H16F4N2O3/c1-25-14-7-6-13(8-15(14)26-10-17(19,20)21)23-16(24)22-9-11-2-4-12(18)5-3-11/h2-8H,9-10H2,1H3,(H2,22,23,24). The number of carbonyl (C=O) groups is 1. The Morgan fingerprint density at radius 3 is 2.38 bits per heavy atom. The number of amides is 2. The predicted octanol–water partition coefficient (Wildman–Crippen LogP) is 4.10. The largest absolute Gasteiger partial charge is 0.493 e. The van der Waals surface area contributed by atoms with E-state index in [2.05, 4.69) is 10.6 Å². The van der Waals surface area contributed by atoms with E-state index < -0.39 is 18.8 Å². The Hall–Kier alpha value is -2.97. The highest BCUT2D eigenvalue weighted by molar-refractivity contribution is 5.89. The lowest BCUT2D eigenvalue weighted by Crippen LogP contribution is -2.28. The van der Waals surface area contributed by atoms with Crippen molar-refractivity contribution in [3.05, 3.63) is 53.8 Å². The second-order valence-electron chi connectivity index (χ2n) is 5.20. The molecule has 2 N–H and O–H groups in total. The van der Waals surface area contributed by atoms with Gasteiger partial charge in [0.15, 0.2) is 18.1 Å². The van der Waals surface area contributed by atoms with Crippen molar-refractivity contribution in [1.29, 1.82) is 0 Å². The maximum absolute atomic E-state index is 12.8. The molecular formula is C17H16F4N2O3. The first-order chi connectivity index (χ1) is 12.3. The first-order valence-corrected chi connectivity index (χ1v) is 7.44. The van der Waals surface area contributed by atoms with Crippen LogP contribution in [0.5, 0.6) is 11.5 Å². The lowest BCUT2D eigenvalue weighted by atomic mass is 10.2. The summed E-state index contributed by atoms with van der Waals surface area (Å²) >= 11 is 0. The van der Waals surface area contributed by atoms with Gasteiger partial charge >= 0.3 is 12.2 Å². The first kappa shape index (κ1) is 19.4. The summed E-state index contributed by atoms with van der Waals surface area (Å²) in [6, 6.07) is 9.05. The van der Waals surface area contributed by atoms with E-state index in [1.165, 1.54) is 49.6 Å². The molecule has 0 bridgehead atoms. The maximum Gasteiger partial charge on any atom is 0.422 e. The fraction of sp³-hybridized carbons (Fsp3) is 0.235. The quantitative estimate of drug-likeness (QED) is 0.751. The summed E-state index contributed by atoms with van der Waals surface area (Å²) in [6.45, 7) is -1.33. The van der Waals surface area contributed by atoms with Gasteiger partial charge in [-0.05, 0) is 29.8 Å². The van der Waals surface area contributed by atoms with Gasteiger partial charge < -0.3 is 20.1 Å². The lowest BCUT2D eigenvalue weighted by molar-refractivity contribution is -0.153. The second-order valence-corrected chi connectivity index (χ2v) is 5.20. The van der Waals surface area contributed by atoms with E-state index >= 15 is 0 Å². The van der Waals surface area contributed by atoms with Gasteiger partial charge in [0, 0.05) is 18.3 Å². The number of hydrogen-bond donors (Lipinski definition) is 2. The van der Waals surface area contributed by atoms with Crippen LogP contribution in [0.4, 0.5) is 28.0 Å². The van der Waals surface area contributed by atoms with Gasteiger partial charge in [-0.25, -0.2) is 9.18 Å². The van der Waals surface area contributed by atoms with Crippen LogP contribution in [-0.4, -0.2) is 25.9 Å².